The van der Waals surface area contributed by atoms with Gasteiger partial charge in [-0.15, -0.1) is 0 Å². The van der Waals surface area contributed by atoms with Crippen LogP contribution < -0.4 is 4.98 Å². The van der Waals surface area contributed by atoms with Gasteiger partial charge in [0.1, 0.15) is 0 Å². The highest BCUT2D eigenvalue weighted by Crippen LogP contribution is 2.41. The molecule has 0 aliphatic rings. The number of alkyl halides is 7. The van der Waals surface area contributed by atoms with E-state index in [1.807, 2.05) is 30.6 Å². The molecule has 0 atom stereocenters. The Bertz CT molecular complexity index is 565. The van der Waals surface area contributed by atoms with Crippen LogP contribution in [0.15, 0.2) is 30.6 Å². The molecule has 1 N–H and O–H groups in total. The molecule has 0 radical (unpaired) electrons. The van der Waals surface area contributed by atoms with Crippen LogP contribution in [-0.2, 0) is 10.1 Å². The second-order valence-corrected chi connectivity index (χ2v) is 6.35. The number of rotatable bonds is 7. The Balaban J connectivity index is 0.000000796. The van der Waals surface area contributed by atoms with E-state index in [4.69, 9.17) is 0 Å². The smallest absolute Gasteiger partial charge is 0.396 e. The molecule has 146 valence electrons. The minimum atomic E-state index is -6.54. The van der Waals surface area contributed by atoms with Crippen molar-refractivity contribution in [2.24, 2.45) is 0 Å². The van der Waals surface area contributed by atoms with Gasteiger partial charge in [0.25, 0.3) is 0 Å². The zero-order valence-electron chi connectivity index (χ0n) is 12.7. The fourth-order valence-corrected chi connectivity index (χ4v) is 1.99. The number of unbranched alkanes of at least 4 members (excludes halogenated alkanes) is 2. The second-order valence-electron chi connectivity index (χ2n) is 4.93. The van der Waals surface area contributed by atoms with Crippen LogP contribution >= 0.6 is 0 Å². The lowest BCUT2D eigenvalue weighted by Crippen LogP contribution is -2.46. The molecule has 0 bridgehead atoms. The highest BCUT2D eigenvalue weighted by atomic mass is 32.2. The minimum absolute atomic E-state index is 0.440. The summed E-state index contributed by atoms with van der Waals surface area (Å²) in [5.74, 6) is -5.11. The van der Waals surface area contributed by atoms with E-state index in [1.165, 1.54) is 0 Å². The number of nitrogens with one attached hydrogen (secondary N) is 1. The molecular formula is C13H16F7NO3S. The largest absolute Gasteiger partial charge is 0.743 e. The lowest BCUT2D eigenvalue weighted by atomic mass is 10.1. The summed E-state index contributed by atoms with van der Waals surface area (Å²) in [4.78, 5) is 2.89. The molecule has 12 heteroatoms. The predicted octanol–water partition coefficient (Wildman–Crippen LogP) is 3.77. The molecule has 0 aliphatic carbocycles. The lowest BCUT2D eigenvalue weighted by molar-refractivity contribution is -0.377. The third-order valence-corrected chi connectivity index (χ3v) is 3.72. The fourth-order valence-electron chi connectivity index (χ4n) is 1.52. The number of hydrogen-bond acceptors (Lipinski definition) is 3. The number of pyridine rings is 1. The van der Waals surface area contributed by atoms with Crippen LogP contribution in [0.3, 0.4) is 0 Å². The standard InChI is InChI=1S/C8H11F7O3S.C5H5N/c9-6(10,8(14,15)19(16,17)18)4-2-1-3-5-7(11,12)13;1-2-4-6-5-3-1/h1-5H2,(H,16,17,18);1-5H. The lowest BCUT2D eigenvalue weighted by Gasteiger charge is -2.28. The average molecular weight is 399 g/mol. The maximum Gasteiger partial charge on any atom is 0.396 e. The molecule has 0 saturated heterocycles. The van der Waals surface area contributed by atoms with Gasteiger partial charge >= 0.3 is 17.4 Å². The Kier molecular flexibility index (Phi) is 8.79. The number of H-pyrrole nitrogens is 1. The van der Waals surface area contributed by atoms with Gasteiger partial charge in [0.2, 0.25) is 0 Å². The molecule has 4 nitrogen and oxygen atoms in total. The zero-order chi connectivity index (χ0) is 19.8. The summed E-state index contributed by atoms with van der Waals surface area (Å²) in [7, 11) is -6.54. The van der Waals surface area contributed by atoms with Gasteiger partial charge < -0.3 is 4.55 Å². The molecule has 0 spiro atoms. The van der Waals surface area contributed by atoms with Gasteiger partial charge in [-0.3, -0.25) is 0 Å². The van der Waals surface area contributed by atoms with E-state index in [-0.39, 0.29) is 0 Å². The van der Waals surface area contributed by atoms with Gasteiger partial charge in [-0.2, -0.15) is 30.7 Å². The topological polar surface area (TPSA) is 71.3 Å². The molecule has 25 heavy (non-hydrogen) atoms. The first kappa shape index (κ1) is 23.6. The summed E-state index contributed by atoms with van der Waals surface area (Å²) in [5, 5.41) is -5.77. The molecule has 0 aliphatic heterocycles. The van der Waals surface area contributed by atoms with Gasteiger partial charge in [-0.25, -0.2) is 13.4 Å². The Morgan fingerprint density at radius 3 is 1.60 bits per heavy atom. The van der Waals surface area contributed by atoms with Crippen LogP contribution in [0.25, 0.3) is 0 Å². The van der Waals surface area contributed by atoms with Gasteiger partial charge in [0.05, 0.1) is 0 Å². The van der Waals surface area contributed by atoms with Crippen molar-refractivity contribution >= 4 is 10.1 Å². The van der Waals surface area contributed by atoms with Gasteiger partial charge in [0, 0.05) is 25.0 Å². The SMILES string of the molecule is O=S(=O)([O-])C(F)(F)C(F)(F)CCCCCC(F)(F)F.c1cc[nH+]cc1. The van der Waals surface area contributed by atoms with Crippen LogP contribution in [0.5, 0.6) is 0 Å². The third kappa shape index (κ3) is 9.00. The van der Waals surface area contributed by atoms with Crippen molar-refractivity contribution in [3.05, 3.63) is 30.6 Å². The van der Waals surface area contributed by atoms with E-state index in [2.05, 4.69) is 4.98 Å². The molecule has 0 unspecified atom stereocenters. The van der Waals surface area contributed by atoms with Crippen molar-refractivity contribution < 1.29 is 48.7 Å². The molecule has 0 saturated carbocycles. The number of aromatic nitrogens is 1. The van der Waals surface area contributed by atoms with Crippen molar-refractivity contribution in [3.63, 3.8) is 0 Å². The van der Waals surface area contributed by atoms with Gasteiger partial charge in [0.15, 0.2) is 22.5 Å². The van der Waals surface area contributed by atoms with Crippen molar-refractivity contribution in [3.8, 4) is 0 Å². The van der Waals surface area contributed by atoms with Gasteiger partial charge in [-0.1, -0.05) is 12.5 Å². The Labute approximate surface area is 139 Å². The van der Waals surface area contributed by atoms with Crippen molar-refractivity contribution in [2.45, 2.75) is 49.5 Å². The number of halogens is 7. The summed E-state index contributed by atoms with van der Waals surface area (Å²) in [6.45, 7) is 0. The van der Waals surface area contributed by atoms with Crippen molar-refractivity contribution in [1.82, 2.24) is 0 Å². The highest BCUT2D eigenvalue weighted by Gasteiger charge is 2.60. The summed E-state index contributed by atoms with van der Waals surface area (Å²) in [6.07, 6.45) is -5.41. The van der Waals surface area contributed by atoms with E-state index < -0.39 is 59.6 Å². The monoisotopic (exact) mass is 399 g/mol. The minimum Gasteiger partial charge on any atom is -0.743 e. The molecular weight excluding hydrogens is 383 g/mol. The third-order valence-electron chi connectivity index (χ3n) is 2.80. The van der Waals surface area contributed by atoms with Gasteiger partial charge in [-0.05, 0) is 12.8 Å². The molecule has 1 rings (SSSR count). The van der Waals surface area contributed by atoms with Crippen molar-refractivity contribution in [1.29, 1.82) is 0 Å². The van der Waals surface area contributed by atoms with E-state index in [0.29, 0.717) is 0 Å². The number of hydrogen-bond donors (Lipinski definition) is 0. The maximum atomic E-state index is 12.8. The highest BCUT2D eigenvalue weighted by molar-refractivity contribution is 7.86. The molecule has 0 fully saturated rings. The average Bonchev–Trinajstić information content (AvgIpc) is 2.46. The Hall–Kier alpha value is -1.43. The van der Waals surface area contributed by atoms with Crippen LogP contribution in [0.2, 0.25) is 0 Å². The quantitative estimate of drug-likeness (QED) is 0.398. The summed E-state index contributed by atoms with van der Waals surface area (Å²) in [5.41, 5.74) is 0. The fraction of sp³-hybridized carbons (Fsp3) is 0.615. The van der Waals surface area contributed by atoms with Crippen LogP contribution in [0, 0.1) is 0 Å². The number of aromatic amines is 1. The maximum absolute atomic E-state index is 12.8. The molecule has 1 aromatic heterocycles. The first-order valence-electron chi connectivity index (χ1n) is 6.89. The van der Waals surface area contributed by atoms with E-state index in [0.717, 1.165) is 0 Å². The summed E-state index contributed by atoms with van der Waals surface area (Å²) < 4.78 is 116. The normalized spacial score (nSPS) is 13.1. The molecule has 1 aromatic rings. The van der Waals surface area contributed by atoms with Crippen LogP contribution in [0.1, 0.15) is 32.1 Å². The van der Waals surface area contributed by atoms with E-state index >= 15 is 0 Å². The predicted molar refractivity (Wildman–Crippen MR) is 71.7 cm³/mol. The first-order valence-corrected chi connectivity index (χ1v) is 8.30. The van der Waals surface area contributed by atoms with Crippen LogP contribution in [0.4, 0.5) is 30.7 Å². The summed E-state index contributed by atoms with van der Waals surface area (Å²) >= 11 is 0. The zero-order valence-corrected chi connectivity index (χ0v) is 13.5. The Morgan fingerprint density at radius 1 is 0.800 bits per heavy atom. The summed E-state index contributed by atoms with van der Waals surface area (Å²) in [6, 6.07) is 5.86. The van der Waals surface area contributed by atoms with E-state index in [1.54, 1.807) is 0 Å². The molecule has 0 amide bonds. The first-order chi connectivity index (χ1) is 11.2. The van der Waals surface area contributed by atoms with E-state index in [9.17, 15) is 43.7 Å². The van der Waals surface area contributed by atoms with Crippen molar-refractivity contribution in [2.75, 3.05) is 0 Å². The van der Waals surface area contributed by atoms with Crippen LogP contribution in [-0.4, -0.2) is 30.3 Å². The molecule has 0 aromatic carbocycles. The Morgan fingerprint density at radius 2 is 1.28 bits per heavy atom. The molecule has 1 heterocycles. The second kappa shape index (κ2) is 9.32.